The number of amides is 2. The van der Waals surface area contributed by atoms with Gasteiger partial charge >= 0.3 is 5.97 Å². The van der Waals surface area contributed by atoms with Crippen molar-refractivity contribution in [3.63, 3.8) is 0 Å². The molecule has 0 aliphatic heterocycles. The molecule has 1 aromatic rings. The minimum Gasteiger partial charge on any atom is -0.481 e. The summed E-state index contributed by atoms with van der Waals surface area (Å²) in [7, 11) is 0. The fourth-order valence-electron chi connectivity index (χ4n) is 1.27. The van der Waals surface area contributed by atoms with Crippen LogP contribution in [-0.4, -0.2) is 36.0 Å². The number of aliphatic carboxylic acids is 1. The Hall–Kier alpha value is -1.89. The van der Waals surface area contributed by atoms with Crippen molar-refractivity contribution in [1.82, 2.24) is 10.6 Å². The summed E-state index contributed by atoms with van der Waals surface area (Å²) in [4.78, 5) is 34.0. The number of nitrogens with one attached hydrogen (secondary N) is 2. The van der Waals surface area contributed by atoms with Crippen molar-refractivity contribution >= 4 is 29.1 Å². The molecule has 1 aromatic heterocycles. The minimum absolute atomic E-state index is 0.0552. The molecule has 0 atom stereocenters. The van der Waals surface area contributed by atoms with Crippen LogP contribution < -0.4 is 10.6 Å². The van der Waals surface area contributed by atoms with Crippen LogP contribution in [-0.2, 0) is 9.59 Å². The predicted octanol–water partition coefficient (Wildman–Crippen LogP) is 1.09. The largest absolute Gasteiger partial charge is 0.481 e. The molecule has 0 aliphatic rings. The van der Waals surface area contributed by atoms with Crippen molar-refractivity contribution in [2.24, 2.45) is 5.41 Å². The maximum atomic E-state index is 11.6. The van der Waals surface area contributed by atoms with E-state index in [1.54, 1.807) is 16.8 Å². The molecule has 1 rings (SSSR count). The molecule has 1 heterocycles. The van der Waals surface area contributed by atoms with E-state index in [0.29, 0.717) is 5.56 Å². The fraction of sp³-hybridized carbons (Fsp3) is 0.462. The van der Waals surface area contributed by atoms with E-state index in [0.717, 1.165) is 0 Å². The Bertz CT molecular complexity index is 483. The molecule has 0 spiro atoms. The Morgan fingerprint density at radius 1 is 1.30 bits per heavy atom. The van der Waals surface area contributed by atoms with Crippen molar-refractivity contribution in [3.8, 4) is 0 Å². The van der Waals surface area contributed by atoms with Gasteiger partial charge in [0, 0.05) is 30.5 Å². The molecule has 6 nitrogen and oxygen atoms in total. The van der Waals surface area contributed by atoms with Crippen molar-refractivity contribution in [2.45, 2.75) is 20.3 Å². The van der Waals surface area contributed by atoms with Crippen LogP contribution in [0, 0.1) is 5.41 Å². The van der Waals surface area contributed by atoms with Gasteiger partial charge in [-0.3, -0.25) is 14.4 Å². The monoisotopic (exact) mass is 298 g/mol. The van der Waals surface area contributed by atoms with Crippen molar-refractivity contribution in [3.05, 3.63) is 22.4 Å². The van der Waals surface area contributed by atoms with Crippen LogP contribution in [0.1, 0.15) is 30.6 Å². The third-order valence-electron chi connectivity index (χ3n) is 2.73. The SMILES string of the molecule is CC(C)(CNC(=O)CCNC(=O)c1ccsc1)C(=O)O. The normalized spacial score (nSPS) is 10.9. The highest BCUT2D eigenvalue weighted by atomic mass is 32.1. The van der Waals surface area contributed by atoms with E-state index in [1.807, 2.05) is 0 Å². The van der Waals surface area contributed by atoms with Crippen molar-refractivity contribution < 1.29 is 19.5 Å². The molecule has 110 valence electrons. The second-order valence-electron chi connectivity index (χ2n) is 4.98. The number of rotatable bonds is 7. The molecule has 7 heteroatoms. The second-order valence-corrected chi connectivity index (χ2v) is 5.76. The van der Waals surface area contributed by atoms with Crippen LogP contribution in [0.2, 0.25) is 0 Å². The van der Waals surface area contributed by atoms with E-state index in [4.69, 9.17) is 5.11 Å². The van der Waals surface area contributed by atoms with Crippen LogP contribution in [0.25, 0.3) is 0 Å². The Morgan fingerprint density at radius 2 is 2.00 bits per heavy atom. The molecule has 0 aliphatic carbocycles. The first kappa shape index (κ1) is 16.2. The predicted molar refractivity (Wildman–Crippen MR) is 75.7 cm³/mol. The van der Waals surface area contributed by atoms with Gasteiger partial charge in [-0.2, -0.15) is 11.3 Å². The van der Waals surface area contributed by atoms with Gasteiger partial charge in [-0.15, -0.1) is 0 Å². The quantitative estimate of drug-likeness (QED) is 0.702. The van der Waals surface area contributed by atoms with Gasteiger partial charge in [0.2, 0.25) is 5.91 Å². The summed E-state index contributed by atoms with van der Waals surface area (Å²) in [5.74, 6) is -1.47. The van der Waals surface area contributed by atoms with Gasteiger partial charge in [0.15, 0.2) is 0 Å². The molecule has 3 N–H and O–H groups in total. The third-order valence-corrected chi connectivity index (χ3v) is 3.41. The van der Waals surface area contributed by atoms with Crippen molar-refractivity contribution in [1.29, 1.82) is 0 Å². The first-order valence-electron chi connectivity index (χ1n) is 6.13. The number of thiophene rings is 1. The van der Waals surface area contributed by atoms with E-state index in [2.05, 4.69) is 10.6 Å². The number of hydrogen-bond donors (Lipinski definition) is 3. The lowest BCUT2D eigenvalue weighted by molar-refractivity contribution is -0.146. The molecule has 2 amide bonds. The van der Waals surface area contributed by atoms with Gasteiger partial charge in [-0.1, -0.05) is 0 Å². The lowest BCUT2D eigenvalue weighted by atomic mass is 9.94. The van der Waals surface area contributed by atoms with Gasteiger partial charge in [0.05, 0.1) is 5.41 Å². The van der Waals surface area contributed by atoms with Gasteiger partial charge in [-0.05, 0) is 25.3 Å². The molecule has 0 aromatic carbocycles. The average molecular weight is 298 g/mol. The molecule has 0 radical (unpaired) electrons. The van der Waals surface area contributed by atoms with Gasteiger partial charge < -0.3 is 15.7 Å². The maximum absolute atomic E-state index is 11.6. The Morgan fingerprint density at radius 3 is 2.55 bits per heavy atom. The molecular weight excluding hydrogens is 280 g/mol. The zero-order valence-corrected chi connectivity index (χ0v) is 12.3. The van der Waals surface area contributed by atoms with E-state index in [9.17, 15) is 14.4 Å². The van der Waals surface area contributed by atoms with Gasteiger partial charge in [0.1, 0.15) is 0 Å². The topological polar surface area (TPSA) is 95.5 Å². The summed E-state index contributed by atoms with van der Waals surface area (Å²) >= 11 is 1.43. The lowest BCUT2D eigenvalue weighted by Gasteiger charge is -2.19. The second kappa shape index (κ2) is 7.04. The smallest absolute Gasteiger partial charge is 0.310 e. The Kier molecular flexibility index (Phi) is 5.69. The summed E-state index contributed by atoms with van der Waals surface area (Å²) in [6, 6.07) is 1.70. The van der Waals surface area contributed by atoms with Crippen LogP contribution in [0.4, 0.5) is 0 Å². The van der Waals surface area contributed by atoms with Crippen LogP contribution in [0.15, 0.2) is 16.8 Å². The Labute approximate surface area is 121 Å². The summed E-state index contributed by atoms with van der Waals surface area (Å²) in [6.07, 6.45) is 0.117. The summed E-state index contributed by atoms with van der Waals surface area (Å²) in [5.41, 5.74) is -0.433. The molecule has 0 saturated heterocycles. The van der Waals surface area contributed by atoms with Crippen molar-refractivity contribution in [2.75, 3.05) is 13.1 Å². The van der Waals surface area contributed by atoms with E-state index in [-0.39, 0.29) is 31.3 Å². The molecule has 0 fully saturated rings. The molecular formula is C13H18N2O4S. The number of carbonyl (C=O) groups is 3. The average Bonchev–Trinajstić information content (AvgIpc) is 2.90. The summed E-state index contributed by atoms with van der Waals surface area (Å²) < 4.78 is 0. The highest BCUT2D eigenvalue weighted by Gasteiger charge is 2.27. The van der Waals surface area contributed by atoms with E-state index < -0.39 is 11.4 Å². The zero-order chi connectivity index (χ0) is 15.2. The first-order valence-corrected chi connectivity index (χ1v) is 7.08. The number of hydrogen-bond acceptors (Lipinski definition) is 4. The highest BCUT2D eigenvalue weighted by molar-refractivity contribution is 7.08. The van der Waals surface area contributed by atoms with Gasteiger partial charge in [-0.25, -0.2) is 0 Å². The summed E-state index contributed by atoms with van der Waals surface area (Å²) in [5, 5.41) is 17.6. The third kappa shape index (κ3) is 5.00. The van der Waals surface area contributed by atoms with Crippen LogP contribution in [0.5, 0.6) is 0 Å². The van der Waals surface area contributed by atoms with Gasteiger partial charge in [0.25, 0.3) is 5.91 Å². The first-order chi connectivity index (χ1) is 9.33. The maximum Gasteiger partial charge on any atom is 0.310 e. The molecule has 0 unspecified atom stereocenters. The van der Waals surface area contributed by atoms with Crippen LogP contribution >= 0.6 is 11.3 Å². The molecule has 20 heavy (non-hydrogen) atoms. The number of carboxylic acids is 1. The zero-order valence-electron chi connectivity index (χ0n) is 11.4. The Balaban J connectivity index is 2.24. The number of carboxylic acid groups (broad SMARTS) is 1. The minimum atomic E-state index is -1.00. The highest BCUT2D eigenvalue weighted by Crippen LogP contribution is 2.12. The standard InChI is InChI=1S/C13H18N2O4S/c1-13(2,12(18)19)8-15-10(16)3-5-14-11(17)9-4-6-20-7-9/h4,6-7H,3,5,8H2,1-2H3,(H,14,17)(H,15,16)(H,18,19). The molecule has 0 saturated carbocycles. The van der Waals surface area contributed by atoms with E-state index in [1.165, 1.54) is 25.2 Å². The lowest BCUT2D eigenvalue weighted by Crippen LogP contribution is -2.40. The van der Waals surface area contributed by atoms with Crippen LogP contribution in [0.3, 0.4) is 0 Å². The summed E-state index contributed by atoms with van der Waals surface area (Å²) in [6.45, 7) is 3.34. The fourth-order valence-corrected chi connectivity index (χ4v) is 1.90. The van der Waals surface area contributed by atoms with E-state index >= 15 is 0 Å². The number of carbonyl (C=O) groups excluding carboxylic acids is 2. The molecule has 0 bridgehead atoms.